The molecule has 1 amide bonds. The Morgan fingerprint density at radius 3 is 2.44 bits per heavy atom. The molecule has 1 N–H and O–H groups in total. The fourth-order valence-corrected chi connectivity index (χ4v) is 3.69. The number of likely N-dealkylation sites (tertiary alicyclic amines) is 1. The van der Waals surface area contributed by atoms with Gasteiger partial charge in [-0.05, 0) is 36.2 Å². The van der Waals surface area contributed by atoms with Gasteiger partial charge >= 0.3 is 0 Å². The molecule has 5 nitrogen and oxygen atoms in total. The van der Waals surface area contributed by atoms with Crippen LogP contribution in [-0.4, -0.2) is 44.6 Å². The van der Waals surface area contributed by atoms with Crippen molar-refractivity contribution in [3.63, 3.8) is 0 Å². The zero-order chi connectivity index (χ0) is 17.9. The van der Waals surface area contributed by atoms with E-state index in [1.54, 1.807) is 12.1 Å². The predicted molar refractivity (Wildman–Crippen MR) is 97.1 cm³/mol. The van der Waals surface area contributed by atoms with Gasteiger partial charge in [-0.25, -0.2) is 8.42 Å². The minimum atomic E-state index is -3.24. The fraction of sp³-hybridized carbons (Fsp3) is 0.316. The Bertz CT molecular complexity index is 833. The average Bonchev–Trinajstić information content (AvgIpc) is 3.02. The maximum absolute atomic E-state index is 12.3. The Kier molecular flexibility index (Phi) is 5.20. The maximum atomic E-state index is 12.3. The number of nitrogens with one attached hydrogen (secondary N) is 1. The van der Waals surface area contributed by atoms with E-state index in [9.17, 15) is 13.2 Å². The van der Waals surface area contributed by atoms with Crippen LogP contribution in [0.25, 0.3) is 0 Å². The van der Waals surface area contributed by atoms with Crippen molar-refractivity contribution in [2.24, 2.45) is 0 Å². The lowest BCUT2D eigenvalue weighted by molar-refractivity contribution is 0.0937. The van der Waals surface area contributed by atoms with Gasteiger partial charge in [0.25, 0.3) is 5.91 Å². The molecule has 1 aliphatic heterocycles. The first kappa shape index (κ1) is 17.6. The summed E-state index contributed by atoms with van der Waals surface area (Å²) in [5, 5.41) is 3.04. The summed E-state index contributed by atoms with van der Waals surface area (Å²) < 4.78 is 22.9. The molecule has 2 aromatic rings. The second-order valence-electron chi connectivity index (χ2n) is 6.48. The number of carbonyl (C=O) groups excluding carboxylic acids is 1. The molecule has 6 heteroatoms. The third-order valence-corrected chi connectivity index (χ3v) is 5.53. The number of rotatable bonds is 5. The summed E-state index contributed by atoms with van der Waals surface area (Å²) in [6.45, 7) is 2.66. The van der Waals surface area contributed by atoms with E-state index in [1.807, 2.05) is 18.2 Å². The second-order valence-corrected chi connectivity index (χ2v) is 8.49. The first-order valence-electron chi connectivity index (χ1n) is 8.29. The predicted octanol–water partition coefficient (Wildman–Crippen LogP) is 2.09. The molecule has 1 fully saturated rings. The Morgan fingerprint density at radius 2 is 1.80 bits per heavy atom. The van der Waals surface area contributed by atoms with Crippen molar-refractivity contribution < 1.29 is 13.2 Å². The zero-order valence-electron chi connectivity index (χ0n) is 14.2. The highest BCUT2D eigenvalue weighted by Crippen LogP contribution is 2.15. The third-order valence-electron chi connectivity index (χ3n) is 4.40. The Labute approximate surface area is 148 Å². The van der Waals surface area contributed by atoms with Crippen LogP contribution in [0, 0.1) is 0 Å². The molecule has 1 saturated heterocycles. The van der Waals surface area contributed by atoms with E-state index in [0.29, 0.717) is 5.56 Å². The molecule has 1 unspecified atom stereocenters. The molecule has 1 heterocycles. The van der Waals surface area contributed by atoms with Crippen molar-refractivity contribution in [2.75, 3.05) is 19.3 Å². The summed E-state index contributed by atoms with van der Waals surface area (Å²) in [6.07, 6.45) is 2.07. The minimum Gasteiger partial charge on any atom is -0.348 e. The van der Waals surface area contributed by atoms with Crippen LogP contribution in [0.1, 0.15) is 22.3 Å². The number of sulfone groups is 1. The molecule has 0 aliphatic carbocycles. The quantitative estimate of drug-likeness (QED) is 0.889. The Balaban J connectivity index is 1.55. The summed E-state index contributed by atoms with van der Waals surface area (Å²) >= 11 is 0. The summed E-state index contributed by atoms with van der Waals surface area (Å²) in [5.74, 6) is -0.161. The highest BCUT2D eigenvalue weighted by Gasteiger charge is 2.24. The number of hydrogen-bond acceptors (Lipinski definition) is 4. The summed E-state index contributed by atoms with van der Waals surface area (Å²) in [5.41, 5.74) is 1.75. The van der Waals surface area contributed by atoms with Gasteiger partial charge < -0.3 is 5.32 Å². The molecular weight excluding hydrogens is 336 g/mol. The van der Waals surface area contributed by atoms with Crippen molar-refractivity contribution >= 4 is 15.7 Å². The van der Waals surface area contributed by atoms with E-state index in [-0.39, 0.29) is 16.8 Å². The van der Waals surface area contributed by atoms with Crippen LogP contribution in [-0.2, 0) is 16.4 Å². The Morgan fingerprint density at radius 1 is 1.12 bits per heavy atom. The largest absolute Gasteiger partial charge is 0.348 e. The van der Waals surface area contributed by atoms with E-state index >= 15 is 0 Å². The van der Waals surface area contributed by atoms with Crippen LogP contribution in [0.5, 0.6) is 0 Å². The van der Waals surface area contributed by atoms with Gasteiger partial charge in [-0.2, -0.15) is 0 Å². The molecule has 1 atom stereocenters. The third kappa shape index (κ3) is 4.67. The maximum Gasteiger partial charge on any atom is 0.251 e. The van der Waals surface area contributed by atoms with Gasteiger partial charge in [0.05, 0.1) is 4.90 Å². The number of benzene rings is 2. The van der Waals surface area contributed by atoms with E-state index in [2.05, 4.69) is 22.3 Å². The number of hydrogen-bond donors (Lipinski definition) is 1. The molecule has 132 valence electrons. The minimum absolute atomic E-state index is 0.116. The SMILES string of the molecule is CS(=O)(=O)c1ccc(C(=O)NC2CCN(Cc3ccccc3)C2)cc1. The molecular formula is C19H22N2O3S. The van der Waals surface area contributed by atoms with Gasteiger partial charge in [0.15, 0.2) is 9.84 Å². The van der Waals surface area contributed by atoms with Crippen LogP contribution >= 0.6 is 0 Å². The molecule has 1 aliphatic rings. The number of amides is 1. The van der Waals surface area contributed by atoms with Crippen LogP contribution in [0.2, 0.25) is 0 Å². The first-order valence-corrected chi connectivity index (χ1v) is 10.2. The smallest absolute Gasteiger partial charge is 0.251 e. The van der Waals surface area contributed by atoms with Gasteiger partial charge in [-0.1, -0.05) is 30.3 Å². The second kappa shape index (κ2) is 7.37. The van der Waals surface area contributed by atoms with Gasteiger partial charge in [0.2, 0.25) is 0 Å². The van der Waals surface area contributed by atoms with Crippen LogP contribution in [0.15, 0.2) is 59.5 Å². The molecule has 2 aromatic carbocycles. The van der Waals surface area contributed by atoms with E-state index in [0.717, 1.165) is 32.3 Å². The fourth-order valence-electron chi connectivity index (χ4n) is 3.06. The number of nitrogens with zero attached hydrogens (tertiary/aromatic N) is 1. The average molecular weight is 358 g/mol. The van der Waals surface area contributed by atoms with Crippen molar-refractivity contribution in [3.05, 3.63) is 65.7 Å². The standard InChI is InChI=1S/C19H22N2O3S/c1-25(23,24)18-9-7-16(8-10-18)19(22)20-17-11-12-21(14-17)13-15-5-3-2-4-6-15/h2-10,17H,11-14H2,1H3,(H,20,22). The molecule has 0 aromatic heterocycles. The van der Waals surface area contributed by atoms with Gasteiger partial charge in [0, 0.05) is 37.5 Å². The van der Waals surface area contributed by atoms with Crippen LogP contribution in [0.4, 0.5) is 0 Å². The highest BCUT2D eigenvalue weighted by molar-refractivity contribution is 7.90. The van der Waals surface area contributed by atoms with Crippen LogP contribution in [0.3, 0.4) is 0 Å². The lowest BCUT2D eigenvalue weighted by Crippen LogP contribution is -2.37. The lowest BCUT2D eigenvalue weighted by atomic mass is 10.2. The highest BCUT2D eigenvalue weighted by atomic mass is 32.2. The molecule has 0 spiro atoms. The molecule has 0 radical (unpaired) electrons. The first-order chi connectivity index (χ1) is 11.9. The summed E-state index contributed by atoms with van der Waals surface area (Å²) in [7, 11) is -3.24. The van der Waals surface area contributed by atoms with Crippen molar-refractivity contribution in [1.29, 1.82) is 0 Å². The van der Waals surface area contributed by atoms with Gasteiger partial charge in [-0.15, -0.1) is 0 Å². The van der Waals surface area contributed by atoms with Crippen molar-refractivity contribution in [2.45, 2.75) is 23.9 Å². The molecule has 25 heavy (non-hydrogen) atoms. The van der Waals surface area contributed by atoms with E-state index in [4.69, 9.17) is 0 Å². The lowest BCUT2D eigenvalue weighted by Gasteiger charge is -2.17. The molecule has 0 bridgehead atoms. The topological polar surface area (TPSA) is 66.5 Å². The Hall–Kier alpha value is -2.18. The van der Waals surface area contributed by atoms with Gasteiger partial charge in [-0.3, -0.25) is 9.69 Å². The van der Waals surface area contributed by atoms with Gasteiger partial charge in [0.1, 0.15) is 0 Å². The zero-order valence-corrected chi connectivity index (χ0v) is 15.0. The van der Waals surface area contributed by atoms with E-state index in [1.165, 1.54) is 17.7 Å². The normalized spacial score (nSPS) is 18.2. The number of carbonyl (C=O) groups is 1. The van der Waals surface area contributed by atoms with Crippen molar-refractivity contribution in [3.8, 4) is 0 Å². The van der Waals surface area contributed by atoms with E-state index < -0.39 is 9.84 Å². The molecule has 3 rings (SSSR count). The summed E-state index contributed by atoms with van der Waals surface area (Å²) in [4.78, 5) is 14.9. The molecule has 0 saturated carbocycles. The van der Waals surface area contributed by atoms with Crippen molar-refractivity contribution in [1.82, 2.24) is 10.2 Å². The summed E-state index contributed by atoms with van der Waals surface area (Å²) in [6, 6.07) is 16.5. The monoisotopic (exact) mass is 358 g/mol. The van der Waals surface area contributed by atoms with Crippen LogP contribution < -0.4 is 5.32 Å².